The normalized spacial score (nSPS) is 11.4. The molecule has 2 N–H and O–H groups in total. The molecule has 4 rings (SSSR count). The third-order valence-electron chi connectivity index (χ3n) is 3.49. The lowest BCUT2D eigenvalue weighted by Crippen LogP contribution is -2.12. The summed E-state index contributed by atoms with van der Waals surface area (Å²) in [5.74, 6) is 0. The first-order chi connectivity index (χ1) is 10.1. The van der Waals surface area contributed by atoms with Crippen LogP contribution in [0.3, 0.4) is 0 Å². The lowest BCUT2D eigenvalue weighted by Gasteiger charge is -2.05. The molecule has 102 valence electrons. The maximum atomic E-state index is 12.1. The van der Waals surface area contributed by atoms with Crippen molar-refractivity contribution in [2.24, 2.45) is 0 Å². The molecule has 0 fully saturated rings. The van der Waals surface area contributed by atoms with Gasteiger partial charge in [0.25, 0.3) is 0 Å². The minimum Gasteiger partial charge on any atom is -0.422 e. The molecule has 5 heteroatoms. The Labute approximate surface area is 117 Å². The summed E-state index contributed by atoms with van der Waals surface area (Å²) in [6, 6.07) is 12.1. The summed E-state index contributed by atoms with van der Waals surface area (Å²) >= 11 is 0. The van der Waals surface area contributed by atoms with Crippen LogP contribution in [0, 0.1) is 0 Å². The molecule has 2 aromatic carbocycles. The van der Waals surface area contributed by atoms with Gasteiger partial charge in [-0.1, -0.05) is 18.2 Å². The summed E-state index contributed by atoms with van der Waals surface area (Å²) in [6.45, 7) is 0. The zero-order chi connectivity index (χ0) is 14.6. The van der Waals surface area contributed by atoms with Crippen molar-refractivity contribution < 1.29 is 8.83 Å². The van der Waals surface area contributed by atoms with Crippen LogP contribution in [0.4, 0.5) is 5.69 Å². The van der Waals surface area contributed by atoms with E-state index in [0.29, 0.717) is 33.0 Å². The predicted octanol–water partition coefficient (Wildman–Crippen LogP) is 2.63. The van der Waals surface area contributed by atoms with Gasteiger partial charge in [0.1, 0.15) is 11.2 Å². The second-order valence-electron chi connectivity index (χ2n) is 4.78. The van der Waals surface area contributed by atoms with Gasteiger partial charge in [-0.05, 0) is 18.2 Å². The maximum Gasteiger partial charge on any atom is 0.351 e. The van der Waals surface area contributed by atoms with Gasteiger partial charge >= 0.3 is 11.3 Å². The van der Waals surface area contributed by atoms with Crippen molar-refractivity contribution in [1.29, 1.82) is 0 Å². The Balaban J connectivity index is 2.46. The Bertz CT molecular complexity index is 1140. The third-order valence-corrected chi connectivity index (χ3v) is 3.49. The van der Waals surface area contributed by atoms with Crippen LogP contribution in [0.5, 0.6) is 0 Å². The van der Waals surface area contributed by atoms with E-state index in [1.54, 1.807) is 36.4 Å². The number of benzene rings is 2. The summed E-state index contributed by atoms with van der Waals surface area (Å²) < 4.78 is 10.4. The molecule has 0 spiro atoms. The molecule has 0 radical (unpaired) electrons. The van der Waals surface area contributed by atoms with Gasteiger partial charge in [-0.2, -0.15) is 0 Å². The van der Waals surface area contributed by atoms with Crippen molar-refractivity contribution >= 4 is 38.4 Å². The number of hydrogen-bond acceptors (Lipinski definition) is 5. The molecule has 0 bridgehead atoms. The quantitative estimate of drug-likeness (QED) is 0.304. The minimum absolute atomic E-state index is 0.0778. The van der Waals surface area contributed by atoms with E-state index in [2.05, 4.69) is 0 Å². The largest absolute Gasteiger partial charge is 0.422 e. The highest BCUT2D eigenvalue weighted by Crippen LogP contribution is 2.29. The van der Waals surface area contributed by atoms with Gasteiger partial charge in [-0.25, -0.2) is 9.59 Å². The number of nitrogens with two attached hydrogens (primary N) is 1. The van der Waals surface area contributed by atoms with E-state index in [1.165, 1.54) is 0 Å². The molecule has 0 saturated heterocycles. The summed E-state index contributed by atoms with van der Waals surface area (Å²) in [4.78, 5) is 24.2. The molecule has 2 aromatic heterocycles. The van der Waals surface area contributed by atoms with E-state index in [-0.39, 0.29) is 5.39 Å². The van der Waals surface area contributed by atoms with Crippen molar-refractivity contribution in [2.75, 3.05) is 5.73 Å². The lowest BCUT2D eigenvalue weighted by atomic mass is 10.0. The summed E-state index contributed by atoms with van der Waals surface area (Å²) in [5.41, 5.74) is 5.56. The molecular weight excluding hydrogens is 270 g/mol. The summed E-state index contributed by atoms with van der Waals surface area (Å²) in [5, 5.41) is 1.80. The lowest BCUT2D eigenvalue weighted by molar-refractivity contribution is 0.547. The first-order valence-corrected chi connectivity index (χ1v) is 6.33. The van der Waals surface area contributed by atoms with Crippen LogP contribution in [0.1, 0.15) is 0 Å². The highest BCUT2D eigenvalue weighted by atomic mass is 16.4. The number of hydrogen-bond donors (Lipinski definition) is 1. The average Bonchev–Trinajstić information content (AvgIpc) is 2.46. The fourth-order valence-corrected chi connectivity index (χ4v) is 2.60. The van der Waals surface area contributed by atoms with Gasteiger partial charge in [-0.3, -0.25) is 0 Å². The maximum absolute atomic E-state index is 12.1. The van der Waals surface area contributed by atoms with Crippen LogP contribution >= 0.6 is 0 Å². The Kier molecular flexibility index (Phi) is 2.21. The molecule has 0 amide bonds. The fourth-order valence-electron chi connectivity index (χ4n) is 2.60. The van der Waals surface area contributed by atoms with E-state index < -0.39 is 11.3 Å². The molecule has 0 atom stereocenters. The Morgan fingerprint density at radius 1 is 0.762 bits per heavy atom. The van der Waals surface area contributed by atoms with Crippen LogP contribution < -0.4 is 17.0 Å². The van der Waals surface area contributed by atoms with E-state index in [9.17, 15) is 9.59 Å². The topological polar surface area (TPSA) is 86.4 Å². The highest BCUT2D eigenvalue weighted by Gasteiger charge is 2.15. The predicted molar refractivity (Wildman–Crippen MR) is 80.4 cm³/mol. The van der Waals surface area contributed by atoms with Gasteiger partial charge in [0.15, 0.2) is 5.39 Å². The van der Waals surface area contributed by atoms with E-state index in [1.807, 2.05) is 6.07 Å². The fraction of sp³-hybridized carbons (Fsp3) is 0. The van der Waals surface area contributed by atoms with Crippen LogP contribution in [0.15, 0.2) is 60.9 Å². The van der Waals surface area contributed by atoms with Gasteiger partial charge in [0.05, 0.1) is 0 Å². The number of anilines is 1. The monoisotopic (exact) mass is 279 g/mol. The van der Waals surface area contributed by atoms with Crippen LogP contribution in [0.25, 0.3) is 32.7 Å². The van der Waals surface area contributed by atoms with Crippen molar-refractivity contribution in [2.45, 2.75) is 0 Å². The Morgan fingerprint density at radius 3 is 2.24 bits per heavy atom. The average molecular weight is 279 g/mol. The first kappa shape index (κ1) is 11.7. The van der Waals surface area contributed by atoms with Crippen LogP contribution in [0.2, 0.25) is 0 Å². The van der Waals surface area contributed by atoms with Crippen molar-refractivity contribution in [1.82, 2.24) is 0 Å². The molecule has 0 unspecified atom stereocenters. The van der Waals surface area contributed by atoms with E-state index in [4.69, 9.17) is 14.6 Å². The standard InChI is InChI=1S/C16H9NO4/c17-8-5-6-10-12(7-8)21-16(19)14-13(10)9-3-1-2-4-11(9)20-15(14)18/h1-7H,17H2. The van der Waals surface area contributed by atoms with E-state index in [0.717, 1.165) is 0 Å². The molecule has 0 aliphatic rings. The molecule has 0 aliphatic carbocycles. The molecule has 5 nitrogen and oxygen atoms in total. The van der Waals surface area contributed by atoms with Crippen molar-refractivity contribution in [3.8, 4) is 0 Å². The number of nitrogen functional groups attached to an aromatic ring is 1. The first-order valence-electron chi connectivity index (χ1n) is 6.33. The summed E-state index contributed by atoms with van der Waals surface area (Å²) in [7, 11) is 0. The highest BCUT2D eigenvalue weighted by molar-refractivity contribution is 6.16. The second kappa shape index (κ2) is 3.96. The zero-order valence-electron chi connectivity index (χ0n) is 10.8. The number of para-hydroxylation sites is 1. The molecule has 21 heavy (non-hydrogen) atoms. The second-order valence-corrected chi connectivity index (χ2v) is 4.78. The van der Waals surface area contributed by atoms with Crippen LogP contribution in [-0.2, 0) is 0 Å². The molecular formula is C16H9NO4. The summed E-state index contributed by atoms with van der Waals surface area (Å²) in [6.07, 6.45) is 0. The van der Waals surface area contributed by atoms with Gasteiger partial charge < -0.3 is 14.6 Å². The third kappa shape index (κ3) is 1.57. The van der Waals surface area contributed by atoms with Gasteiger partial charge in [0.2, 0.25) is 0 Å². The molecule has 4 aromatic rings. The van der Waals surface area contributed by atoms with Crippen molar-refractivity contribution in [3.05, 3.63) is 63.3 Å². The number of rotatable bonds is 0. The Hall–Kier alpha value is -3.08. The molecule has 2 heterocycles. The van der Waals surface area contributed by atoms with Crippen LogP contribution in [-0.4, -0.2) is 0 Å². The minimum atomic E-state index is -0.720. The smallest absolute Gasteiger partial charge is 0.351 e. The van der Waals surface area contributed by atoms with Gasteiger partial charge in [-0.15, -0.1) is 0 Å². The van der Waals surface area contributed by atoms with Crippen molar-refractivity contribution in [3.63, 3.8) is 0 Å². The zero-order valence-corrected chi connectivity index (χ0v) is 10.8. The SMILES string of the molecule is Nc1ccc2c(c1)oc(=O)c1c(=O)oc3ccccc3c12. The number of fused-ring (bicyclic) bond motifs is 5. The Morgan fingerprint density at radius 2 is 1.43 bits per heavy atom. The van der Waals surface area contributed by atoms with E-state index >= 15 is 0 Å². The van der Waals surface area contributed by atoms with Gasteiger partial charge in [0, 0.05) is 27.9 Å². The molecule has 0 aliphatic heterocycles. The molecule has 0 saturated carbocycles.